The highest BCUT2D eigenvalue weighted by atomic mass is 16.8. The molecule has 0 radical (unpaired) electrons. The van der Waals surface area contributed by atoms with Gasteiger partial charge in [-0.3, -0.25) is 9.13 Å². The Morgan fingerprint density at radius 3 is 1.69 bits per heavy atom. The SMILES string of the molecule is CC1(C)O[C@@H]2[C@H](O1)[C@@H](CO)O[C@H]2n1cnc2c(N)ncnc21.COC(C)(C)OC.Nc1ncnc2c1ncn2[C@@H]1O[C@H](CO)[C@@H](O)[C@H]1O. The van der Waals surface area contributed by atoms with E-state index in [0.717, 1.165) is 0 Å². The van der Waals surface area contributed by atoms with E-state index in [1.807, 2.05) is 27.7 Å². The molecule has 264 valence electrons. The first-order chi connectivity index (χ1) is 22.8. The molecule has 0 saturated carbocycles. The Kier molecular flexibility index (Phi) is 10.4. The number of anilines is 2. The van der Waals surface area contributed by atoms with Gasteiger partial charge in [0.2, 0.25) is 0 Å². The molecule has 20 heteroatoms. The summed E-state index contributed by atoms with van der Waals surface area (Å²) in [6.45, 7) is 6.84. The van der Waals surface area contributed by atoms with Gasteiger partial charge in [-0.25, -0.2) is 29.9 Å². The van der Waals surface area contributed by atoms with Gasteiger partial charge in [-0.1, -0.05) is 0 Å². The van der Waals surface area contributed by atoms with Gasteiger partial charge in [-0.05, 0) is 27.7 Å². The maximum absolute atomic E-state index is 9.95. The van der Waals surface area contributed by atoms with Crippen LogP contribution in [0.15, 0.2) is 25.3 Å². The lowest BCUT2D eigenvalue weighted by Gasteiger charge is -2.24. The minimum atomic E-state index is -1.19. The molecule has 4 aromatic rings. The Hall–Kier alpha value is -3.70. The van der Waals surface area contributed by atoms with Crippen molar-refractivity contribution in [2.45, 2.75) is 88.3 Å². The van der Waals surface area contributed by atoms with Gasteiger partial charge >= 0.3 is 0 Å². The normalized spacial score (nSPS) is 29.4. The molecule has 0 unspecified atom stereocenters. The third kappa shape index (κ3) is 6.89. The van der Waals surface area contributed by atoms with Gasteiger partial charge in [0.15, 0.2) is 47.0 Å². The van der Waals surface area contributed by atoms with E-state index >= 15 is 0 Å². The average Bonchev–Trinajstić information content (AvgIpc) is 3.87. The predicted octanol–water partition coefficient (Wildman–Crippen LogP) is -1.15. The topological polar surface area (TPSA) is 276 Å². The van der Waals surface area contributed by atoms with Crippen molar-refractivity contribution in [3.63, 3.8) is 0 Å². The number of aromatic nitrogens is 8. The zero-order chi connectivity index (χ0) is 35.0. The smallest absolute Gasteiger partial charge is 0.167 e. The van der Waals surface area contributed by atoms with Gasteiger partial charge in [-0.2, -0.15) is 0 Å². The summed E-state index contributed by atoms with van der Waals surface area (Å²) in [7, 11) is 3.23. The summed E-state index contributed by atoms with van der Waals surface area (Å²) in [6.07, 6.45) is -0.125. The van der Waals surface area contributed by atoms with E-state index in [0.29, 0.717) is 28.1 Å². The van der Waals surface area contributed by atoms with Gasteiger partial charge < -0.3 is 60.3 Å². The number of nitrogens with zero attached hydrogens (tertiary/aromatic N) is 8. The van der Waals surface area contributed by atoms with Gasteiger partial charge in [0.05, 0.1) is 25.9 Å². The van der Waals surface area contributed by atoms with Crippen molar-refractivity contribution < 1.29 is 48.8 Å². The molecule has 4 aromatic heterocycles. The van der Waals surface area contributed by atoms with E-state index in [1.54, 1.807) is 25.1 Å². The first-order valence-electron chi connectivity index (χ1n) is 15.0. The van der Waals surface area contributed by atoms with Crippen molar-refractivity contribution in [1.29, 1.82) is 0 Å². The number of fused-ring (bicyclic) bond motifs is 3. The molecule has 48 heavy (non-hydrogen) atoms. The number of rotatable bonds is 6. The number of ether oxygens (including phenoxy) is 6. The van der Waals surface area contributed by atoms with Crippen molar-refractivity contribution in [1.82, 2.24) is 39.0 Å². The maximum Gasteiger partial charge on any atom is 0.167 e. The van der Waals surface area contributed by atoms with Crippen LogP contribution in [0.5, 0.6) is 0 Å². The van der Waals surface area contributed by atoms with E-state index in [2.05, 4.69) is 29.9 Å². The van der Waals surface area contributed by atoms with Crippen molar-refractivity contribution in [2.24, 2.45) is 0 Å². The maximum atomic E-state index is 9.95. The Morgan fingerprint density at radius 2 is 1.23 bits per heavy atom. The number of nitrogen functional groups attached to an aromatic ring is 2. The fourth-order valence-electron chi connectivity index (χ4n) is 5.34. The molecular weight excluding hydrogens is 636 g/mol. The predicted molar refractivity (Wildman–Crippen MR) is 165 cm³/mol. The number of hydrogen-bond donors (Lipinski definition) is 6. The number of imidazole rings is 2. The van der Waals surface area contributed by atoms with Gasteiger partial charge in [0, 0.05) is 14.2 Å². The number of aliphatic hydroxyl groups is 4. The lowest BCUT2D eigenvalue weighted by atomic mass is 10.1. The van der Waals surface area contributed by atoms with Crippen LogP contribution in [0.2, 0.25) is 0 Å². The fourth-order valence-corrected chi connectivity index (χ4v) is 5.34. The summed E-state index contributed by atoms with van der Waals surface area (Å²) >= 11 is 0. The lowest BCUT2D eigenvalue weighted by Crippen LogP contribution is -2.33. The molecular formula is C28H42N10O10. The average molecular weight is 679 g/mol. The molecule has 0 amide bonds. The Morgan fingerprint density at radius 1 is 0.750 bits per heavy atom. The largest absolute Gasteiger partial charge is 0.394 e. The highest BCUT2D eigenvalue weighted by Gasteiger charge is 2.56. The Balaban J connectivity index is 0.000000159. The molecule has 0 aromatic carbocycles. The first-order valence-corrected chi connectivity index (χ1v) is 15.0. The van der Waals surface area contributed by atoms with Crippen LogP contribution in [0.3, 0.4) is 0 Å². The summed E-state index contributed by atoms with van der Waals surface area (Å²) in [5.41, 5.74) is 13.3. The zero-order valence-corrected chi connectivity index (χ0v) is 27.3. The van der Waals surface area contributed by atoms with E-state index in [1.165, 1.54) is 23.5 Å². The summed E-state index contributed by atoms with van der Waals surface area (Å²) in [4.78, 5) is 24.3. The van der Waals surface area contributed by atoms with Gasteiger partial charge in [-0.15, -0.1) is 0 Å². The first kappa shape index (κ1) is 35.6. The molecule has 3 aliphatic rings. The van der Waals surface area contributed by atoms with E-state index in [-0.39, 0.29) is 24.6 Å². The van der Waals surface area contributed by atoms with Crippen molar-refractivity contribution in [3.8, 4) is 0 Å². The highest BCUT2D eigenvalue weighted by molar-refractivity contribution is 5.81. The molecule has 3 saturated heterocycles. The summed E-state index contributed by atoms with van der Waals surface area (Å²) in [5.74, 6) is -0.619. The van der Waals surface area contributed by atoms with Crippen LogP contribution >= 0.6 is 0 Å². The molecule has 8 N–H and O–H groups in total. The molecule has 0 spiro atoms. The Bertz CT molecular complexity index is 1680. The number of methoxy groups -OCH3 is 2. The van der Waals surface area contributed by atoms with Crippen LogP contribution in [-0.4, -0.2) is 135 Å². The zero-order valence-electron chi connectivity index (χ0n) is 27.3. The highest BCUT2D eigenvalue weighted by Crippen LogP contribution is 2.43. The van der Waals surface area contributed by atoms with Crippen molar-refractivity contribution >= 4 is 34.0 Å². The lowest BCUT2D eigenvalue weighted by molar-refractivity contribution is -0.199. The minimum Gasteiger partial charge on any atom is -0.394 e. The molecule has 3 aliphatic heterocycles. The third-order valence-corrected chi connectivity index (χ3v) is 8.13. The van der Waals surface area contributed by atoms with Crippen LogP contribution in [0, 0.1) is 0 Å². The monoisotopic (exact) mass is 678 g/mol. The second kappa shape index (κ2) is 14.0. The van der Waals surface area contributed by atoms with Crippen LogP contribution < -0.4 is 11.5 Å². The molecule has 7 rings (SSSR count). The molecule has 3 fully saturated rings. The van der Waals surface area contributed by atoms with E-state index < -0.39 is 55.1 Å². The second-order valence-corrected chi connectivity index (χ2v) is 12.0. The summed E-state index contributed by atoms with van der Waals surface area (Å²) in [5, 5.41) is 38.3. The molecule has 0 aliphatic carbocycles. The minimum absolute atomic E-state index is 0.152. The quantitative estimate of drug-likeness (QED) is 0.131. The standard InChI is InChI=1S/C13H17N5O4.C10H13N5O4.C5H12O2/c1-13(2)21-8-6(3-19)20-12(9(8)22-13)18-5-17-7-10(14)15-4-16-11(7)18;11-8-5-9(13-2-12-8)15(3-14-5)10-7(18)6(17)4(1-16)19-10;1-5(2,6-3)7-4/h4-6,8-9,12,19H,3H2,1-2H3,(H2,14,15,16);2-4,6-7,10,16-18H,1H2,(H2,11,12,13);1-4H3/t6-,8-,9-,12-;4-,6-,7-,10-;/m11./s1. The van der Waals surface area contributed by atoms with Crippen LogP contribution in [-0.2, 0) is 28.4 Å². The molecule has 0 bridgehead atoms. The molecule has 7 heterocycles. The van der Waals surface area contributed by atoms with E-state index in [9.17, 15) is 15.3 Å². The van der Waals surface area contributed by atoms with Crippen LogP contribution in [0.1, 0.15) is 40.2 Å². The number of hydrogen-bond acceptors (Lipinski definition) is 18. The van der Waals surface area contributed by atoms with Crippen LogP contribution in [0.4, 0.5) is 11.6 Å². The fraction of sp³-hybridized carbons (Fsp3) is 0.643. The summed E-state index contributed by atoms with van der Waals surface area (Å²) in [6, 6.07) is 0. The molecule has 20 nitrogen and oxygen atoms in total. The molecule has 8 atom stereocenters. The van der Waals surface area contributed by atoms with Crippen molar-refractivity contribution in [3.05, 3.63) is 25.3 Å². The summed E-state index contributed by atoms with van der Waals surface area (Å²) < 4.78 is 36.0. The van der Waals surface area contributed by atoms with E-state index in [4.69, 9.17) is 45.0 Å². The second-order valence-electron chi connectivity index (χ2n) is 12.0. The number of aliphatic hydroxyl groups excluding tert-OH is 4. The Labute approximate surface area is 274 Å². The number of nitrogens with two attached hydrogens (primary N) is 2. The van der Waals surface area contributed by atoms with Gasteiger partial charge in [0.1, 0.15) is 60.3 Å². The third-order valence-electron chi connectivity index (χ3n) is 8.13. The van der Waals surface area contributed by atoms with Gasteiger partial charge in [0.25, 0.3) is 0 Å². The van der Waals surface area contributed by atoms with Crippen LogP contribution in [0.25, 0.3) is 22.3 Å². The van der Waals surface area contributed by atoms with Crippen molar-refractivity contribution in [2.75, 3.05) is 38.9 Å².